The Labute approximate surface area is 107 Å². The Morgan fingerprint density at radius 1 is 1.56 bits per heavy atom. The van der Waals surface area contributed by atoms with Crippen LogP contribution < -0.4 is 5.32 Å². The molecule has 0 saturated heterocycles. The molecule has 0 unspecified atom stereocenters. The van der Waals surface area contributed by atoms with E-state index in [1.54, 1.807) is 12.3 Å². The van der Waals surface area contributed by atoms with Crippen LogP contribution in [-0.4, -0.2) is 35.4 Å². The van der Waals surface area contributed by atoms with E-state index in [2.05, 4.69) is 10.3 Å². The SMILES string of the molecule is CCNC(=O)CN(CC)Cc1ccnc(C#N)c1. The Morgan fingerprint density at radius 3 is 2.94 bits per heavy atom. The zero-order valence-corrected chi connectivity index (χ0v) is 10.8. The highest BCUT2D eigenvalue weighted by molar-refractivity contribution is 5.77. The van der Waals surface area contributed by atoms with Crippen LogP contribution in [0.1, 0.15) is 25.1 Å². The fraction of sp³-hybridized carbons (Fsp3) is 0.462. The minimum Gasteiger partial charge on any atom is -0.355 e. The summed E-state index contributed by atoms with van der Waals surface area (Å²) in [7, 11) is 0. The van der Waals surface area contributed by atoms with Gasteiger partial charge in [-0.15, -0.1) is 0 Å². The van der Waals surface area contributed by atoms with E-state index >= 15 is 0 Å². The quantitative estimate of drug-likeness (QED) is 0.810. The van der Waals surface area contributed by atoms with E-state index in [9.17, 15) is 4.79 Å². The second-order valence-electron chi connectivity index (χ2n) is 3.92. The van der Waals surface area contributed by atoms with Crippen LogP contribution in [0.15, 0.2) is 18.3 Å². The van der Waals surface area contributed by atoms with Gasteiger partial charge >= 0.3 is 0 Å². The fourth-order valence-electron chi connectivity index (χ4n) is 1.63. The van der Waals surface area contributed by atoms with Gasteiger partial charge in [-0.25, -0.2) is 4.98 Å². The van der Waals surface area contributed by atoms with Crippen molar-refractivity contribution in [2.75, 3.05) is 19.6 Å². The maximum absolute atomic E-state index is 11.5. The molecule has 0 aliphatic heterocycles. The van der Waals surface area contributed by atoms with Crippen molar-refractivity contribution >= 4 is 5.91 Å². The van der Waals surface area contributed by atoms with Gasteiger partial charge in [0.1, 0.15) is 11.8 Å². The number of hydrogen-bond acceptors (Lipinski definition) is 4. The van der Waals surface area contributed by atoms with Crippen molar-refractivity contribution in [1.82, 2.24) is 15.2 Å². The molecule has 0 aliphatic rings. The third-order valence-electron chi connectivity index (χ3n) is 2.53. The van der Waals surface area contributed by atoms with E-state index < -0.39 is 0 Å². The molecule has 0 aliphatic carbocycles. The molecule has 5 heteroatoms. The zero-order chi connectivity index (χ0) is 13.4. The number of nitriles is 1. The summed E-state index contributed by atoms with van der Waals surface area (Å²) in [6.45, 7) is 6.34. The second-order valence-corrected chi connectivity index (χ2v) is 3.92. The molecule has 0 spiro atoms. The molecule has 0 radical (unpaired) electrons. The number of pyridine rings is 1. The summed E-state index contributed by atoms with van der Waals surface area (Å²) in [4.78, 5) is 17.4. The first kappa shape index (κ1) is 14.1. The lowest BCUT2D eigenvalue weighted by Crippen LogP contribution is -2.36. The third-order valence-corrected chi connectivity index (χ3v) is 2.53. The summed E-state index contributed by atoms with van der Waals surface area (Å²) < 4.78 is 0. The number of amides is 1. The van der Waals surface area contributed by atoms with E-state index in [0.717, 1.165) is 12.1 Å². The average molecular weight is 246 g/mol. The van der Waals surface area contributed by atoms with Crippen LogP contribution in [0, 0.1) is 11.3 Å². The van der Waals surface area contributed by atoms with Gasteiger partial charge in [0, 0.05) is 19.3 Å². The van der Waals surface area contributed by atoms with Crippen molar-refractivity contribution in [3.05, 3.63) is 29.6 Å². The van der Waals surface area contributed by atoms with Gasteiger partial charge in [-0.05, 0) is 31.2 Å². The predicted molar refractivity (Wildman–Crippen MR) is 68.6 cm³/mol. The molecule has 0 aromatic carbocycles. The van der Waals surface area contributed by atoms with E-state index in [-0.39, 0.29) is 5.91 Å². The predicted octanol–water partition coefficient (Wildman–Crippen LogP) is 0.911. The standard InChI is InChI=1S/C13H18N4O/c1-3-15-13(18)10-17(4-2)9-11-5-6-16-12(7-11)8-14/h5-7H,3-4,9-10H2,1-2H3,(H,15,18). The Kier molecular flexibility index (Phi) is 5.81. The molecule has 0 saturated carbocycles. The maximum atomic E-state index is 11.5. The number of carbonyl (C=O) groups excluding carboxylic acids is 1. The monoisotopic (exact) mass is 246 g/mol. The molecule has 1 N–H and O–H groups in total. The normalized spacial score (nSPS) is 10.1. The lowest BCUT2D eigenvalue weighted by atomic mass is 10.2. The molecule has 1 aromatic rings. The topological polar surface area (TPSA) is 69.0 Å². The van der Waals surface area contributed by atoms with Crippen LogP contribution in [-0.2, 0) is 11.3 Å². The molecule has 1 aromatic heterocycles. The van der Waals surface area contributed by atoms with Crippen LogP contribution in [0.5, 0.6) is 0 Å². The molecule has 1 rings (SSSR count). The summed E-state index contributed by atoms with van der Waals surface area (Å²) in [6.07, 6.45) is 1.62. The maximum Gasteiger partial charge on any atom is 0.234 e. The van der Waals surface area contributed by atoms with Crippen LogP contribution in [0.4, 0.5) is 0 Å². The van der Waals surface area contributed by atoms with Crippen molar-refractivity contribution in [2.24, 2.45) is 0 Å². The Morgan fingerprint density at radius 2 is 2.33 bits per heavy atom. The molecule has 5 nitrogen and oxygen atoms in total. The Bertz CT molecular complexity index is 439. The first-order valence-electron chi connectivity index (χ1n) is 6.03. The van der Waals surface area contributed by atoms with Gasteiger partial charge < -0.3 is 5.32 Å². The van der Waals surface area contributed by atoms with Crippen molar-refractivity contribution in [2.45, 2.75) is 20.4 Å². The summed E-state index contributed by atoms with van der Waals surface area (Å²) in [5.74, 6) is 0.0221. The minimum absolute atomic E-state index is 0.0221. The number of nitrogens with zero attached hydrogens (tertiary/aromatic N) is 3. The highest BCUT2D eigenvalue weighted by Crippen LogP contribution is 2.05. The van der Waals surface area contributed by atoms with Crippen LogP contribution in [0.2, 0.25) is 0 Å². The lowest BCUT2D eigenvalue weighted by molar-refractivity contribution is -0.122. The van der Waals surface area contributed by atoms with E-state index in [0.29, 0.717) is 25.3 Å². The lowest BCUT2D eigenvalue weighted by Gasteiger charge is -2.19. The molecular weight excluding hydrogens is 228 g/mol. The number of carbonyl (C=O) groups is 1. The molecule has 96 valence electrons. The summed E-state index contributed by atoms with van der Waals surface area (Å²) in [5, 5.41) is 11.6. The molecule has 1 heterocycles. The van der Waals surface area contributed by atoms with E-state index in [1.807, 2.05) is 30.9 Å². The van der Waals surface area contributed by atoms with Crippen LogP contribution in [0.3, 0.4) is 0 Å². The van der Waals surface area contributed by atoms with Gasteiger partial charge in [-0.1, -0.05) is 6.92 Å². The summed E-state index contributed by atoms with van der Waals surface area (Å²) >= 11 is 0. The first-order valence-corrected chi connectivity index (χ1v) is 6.03. The molecular formula is C13H18N4O. The van der Waals surface area contributed by atoms with Gasteiger partial charge in [-0.2, -0.15) is 5.26 Å². The number of rotatable bonds is 6. The summed E-state index contributed by atoms with van der Waals surface area (Å²) in [6, 6.07) is 5.62. The van der Waals surface area contributed by atoms with E-state index in [1.165, 1.54) is 0 Å². The largest absolute Gasteiger partial charge is 0.355 e. The molecule has 0 fully saturated rings. The molecule has 0 atom stereocenters. The second kappa shape index (κ2) is 7.41. The summed E-state index contributed by atoms with van der Waals surface area (Å²) in [5.41, 5.74) is 1.40. The van der Waals surface area contributed by atoms with Gasteiger partial charge in [0.25, 0.3) is 0 Å². The third kappa shape index (κ3) is 4.52. The molecule has 1 amide bonds. The van der Waals surface area contributed by atoms with Crippen molar-refractivity contribution in [3.8, 4) is 6.07 Å². The van der Waals surface area contributed by atoms with Crippen molar-refractivity contribution in [1.29, 1.82) is 5.26 Å². The average Bonchev–Trinajstić information content (AvgIpc) is 2.38. The highest BCUT2D eigenvalue weighted by Gasteiger charge is 2.09. The van der Waals surface area contributed by atoms with Crippen LogP contribution >= 0.6 is 0 Å². The van der Waals surface area contributed by atoms with Gasteiger partial charge in [-0.3, -0.25) is 9.69 Å². The Balaban J connectivity index is 2.62. The fourth-order valence-corrected chi connectivity index (χ4v) is 1.63. The van der Waals surface area contributed by atoms with Gasteiger partial charge in [0.2, 0.25) is 5.91 Å². The zero-order valence-electron chi connectivity index (χ0n) is 10.8. The number of nitrogens with one attached hydrogen (secondary N) is 1. The highest BCUT2D eigenvalue weighted by atomic mass is 16.2. The van der Waals surface area contributed by atoms with Gasteiger partial charge in [0.05, 0.1) is 6.54 Å². The van der Waals surface area contributed by atoms with Crippen molar-refractivity contribution in [3.63, 3.8) is 0 Å². The van der Waals surface area contributed by atoms with Gasteiger partial charge in [0.15, 0.2) is 0 Å². The molecule has 18 heavy (non-hydrogen) atoms. The van der Waals surface area contributed by atoms with E-state index in [4.69, 9.17) is 5.26 Å². The van der Waals surface area contributed by atoms with Crippen molar-refractivity contribution < 1.29 is 4.79 Å². The Hall–Kier alpha value is -1.93. The number of likely N-dealkylation sites (N-methyl/N-ethyl adjacent to an activating group) is 2. The first-order chi connectivity index (χ1) is 8.69. The minimum atomic E-state index is 0.0221. The molecule has 0 bridgehead atoms. The smallest absolute Gasteiger partial charge is 0.234 e. The number of hydrogen-bond donors (Lipinski definition) is 1. The van der Waals surface area contributed by atoms with Crippen LogP contribution in [0.25, 0.3) is 0 Å². The number of aromatic nitrogens is 1.